The molecular weight excluding hydrogens is 734 g/mol. The topological polar surface area (TPSA) is 128 Å². The van der Waals surface area contributed by atoms with E-state index in [-0.39, 0.29) is 23.9 Å². The Hall–Kier alpha value is -6.40. The molecule has 12 heteroatoms. The van der Waals surface area contributed by atoms with Crippen LogP contribution in [0, 0.1) is 5.82 Å². The smallest absolute Gasteiger partial charge is 0.303 e. The van der Waals surface area contributed by atoms with Crippen molar-refractivity contribution in [2.24, 2.45) is 0 Å². The molecule has 2 saturated heterocycles. The quantitative estimate of drug-likeness (QED) is 0.127. The van der Waals surface area contributed by atoms with Gasteiger partial charge in [-0.25, -0.2) is 14.4 Å². The standard InChI is InChI=1S/C46H46FN7O4/c1-29(55)58-42(34-11-5-4-6-12-34)46(57)54-26-10-16-40(54)44-49-28-38(51-44)33-23-19-31(20-24-33)30-17-21-32(22-18-30)37-27-48-43(50-37)39-15-9-25-53(39)45(56)41(52(2)3)35-13-7-8-14-36(35)47/h4-8,11-14,17-24,27-28,39-42H,9-10,15-16,25-26H2,1-3H3,(H,48,50)(H,49,51)/t39-,40-,41+,42+/m0/s1. The molecule has 2 aliphatic rings. The number of halogens is 1. The van der Waals surface area contributed by atoms with Gasteiger partial charge in [-0.3, -0.25) is 19.3 Å². The highest BCUT2D eigenvalue weighted by Crippen LogP contribution is 2.37. The molecule has 0 aliphatic carbocycles. The molecule has 4 atom stereocenters. The van der Waals surface area contributed by atoms with E-state index in [2.05, 4.69) is 51.4 Å². The highest BCUT2D eigenvalue weighted by atomic mass is 19.1. The average molecular weight is 780 g/mol. The van der Waals surface area contributed by atoms with Crippen LogP contribution in [0.2, 0.25) is 0 Å². The Morgan fingerprint density at radius 3 is 1.67 bits per heavy atom. The monoisotopic (exact) mass is 779 g/mol. The van der Waals surface area contributed by atoms with Crippen molar-refractivity contribution < 1.29 is 23.5 Å². The van der Waals surface area contributed by atoms with E-state index in [1.165, 1.54) is 13.0 Å². The highest BCUT2D eigenvalue weighted by Gasteiger charge is 2.39. The molecule has 58 heavy (non-hydrogen) atoms. The Kier molecular flexibility index (Phi) is 11.0. The summed E-state index contributed by atoms with van der Waals surface area (Å²) in [6.45, 7) is 2.45. The van der Waals surface area contributed by atoms with Gasteiger partial charge in [-0.2, -0.15) is 0 Å². The second kappa shape index (κ2) is 16.6. The lowest BCUT2D eigenvalue weighted by molar-refractivity contribution is -0.159. The second-order valence-electron chi connectivity index (χ2n) is 15.2. The number of ether oxygens (including phenoxy) is 1. The van der Waals surface area contributed by atoms with Gasteiger partial charge in [0.05, 0.1) is 35.9 Å². The number of nitrogens with zero attached hydrogens (tertiary/aromatic N) is 5. The minimum Gasteiger partial charge on any atom is -0.447 e. The number of nitrogens with one attached hydrogen (secondary N) is 2. The van der Waals surface area contributed by atoms with E-state index in [0.29, 0.717) is 30.0 Å². The molecule has 4 aromatic carbocycles. The Bertz CT molecular complexity index is 2390. The molecule has 4 heterocycles. The summed E-state index contributed by atoms with van der Waals surface area (Å²) in [5.74, 6) is 0.125. The van der Waals surface area contributed by atoms with Gasteiger partial charge < -0.3 is 24.5 Å². The number of H-pyrrole nitrogens is 2. The number of likely N-dealkylation sites (tertiary alicyclic amines) is 2. The Morgan fingerprint density at radius 1 is 0.690 bits per heavy atom. The maximum Gasteiger partial charge on any atom is 0.303 e. The van der Waals surface area contributed by atoms with Crippen molar-refractivity contribution in [3.8, 4) is 33.6 Å². The lowest BCUT2D eigenvalue weighted by Gasteiger charge is -2.31. The molecule has 2 amide bonds. The van der Waals surface area contributed by atoms with Crippen LogP contribution in [0.5, 0.6) is 0 Å². The van der Waals surface area contributed by atoms with Gasteiger partial charge in [0.15, 0.2) is 0 Å². The molecular formula is C46H46FN7O4. The van der Waals surface area contributed by atoms with Crippen LogP contribution in [0.3, 0.4) is 0 Å². The first-order chi connectivity index (χ1) is 28.2. The molecule has 8 rings (SSSR count). The zero-order valence-corrected chi connectivity index (χ0v) is 32.8. The number of aromatic amines is 2. The van der Waals surface area contributed by atoms with Gasteiger partial charge in [0.25, 0.3) is 5.91 Å². The number of hydrogen-bond donors (Lipinski definition) is 2. The van der Waals surface area contributed by atoms with Gasteiger partial charge in [0.1, 0.15) is 23.5 Å². The molecule has 6 aromatic rings. The zero-order chi connectivity index (χ0) is 40.3. The number of carbonyl (C=O) groups excluding carboxylic acids is 3. The maximum atomic E-state index is 14.8. The number of carbonyl (C=O) groups is 3. The van der Waals surface area contributed by atoms with Crippen molar-refractivity contribution in [3.05, 3.63) is 144 Å². The molecule has 0 bridgehead atoms. The lowest BCUT2D eigenvalue weighted by Crippen LogP contribution is -2.40. The van der Waals surface area contributed by atoms with Gasteiger partial charge in [0, 0.05) is 31.1 Å². The molecule has 11 nitrogen and oxygen atoms in total. The maximum absolute atomic E-state index is 14.8. The number of imidazole rings is 2. The van der Waals surface area contributed by atoms with E-state index >= 15 is 0 Å². The summed E-state index contributed by atoms with van der Waals surface area (Å²) in [5, 5.41) is 0. The summed E-state index contributed by atoms with van der Waals surface area (Å²) in [6.07, 6.45) is 5.78. The number of benzene rings is 4. The second-order valence-corrected chi connectivity index (χ2v) is 15.2. The van der Waals surface area contributed by atoms with Gasteiger partial charge >= 0.3 is 5.97 Å². The fourth-order valence-corrected chi connectivity index (χ4v) is 8.31. The number of esters is 1. The fraction of sp³-hybridized carbons (Fsp3) is 0.283. The van der Waals surface area contributed by atoms with E-state index in [0.717, 1.165) is 65.1 Å². The van der Waals surface area contributed by atoms with Crippen molar-refractivity contribution in [1.82, 2.24) is 34.6 Å². The third kappa shape index (κ3) is 7.79. The number of amides is 2. The number of hydrogen-bond acceptors (Lipinski definition) is 7. The summed E-state index contributed by atoms with van der Waals surface area (Å²) in [5.41, 5.74) is 6.75. The SMILES string of the molecule is CC(=O)O[C@@H](C(=O)N1CCC[C@H]1c1ncc(-c2ccc(-c3ccc(-c4cnc([C@@H]5CCCN5C(=O)[C@@H](c5ccccc5F)N(C)C)[nH]4)cc3)cc2)[nH]1)c1ccccc1. The largest absolute Gasteiger partial charge is 0.447 e. The predicted molar refractivity (Wildman–Crippen MR) is 218 cm³/mol. The molecule has 2 N–H and O–H groups in total. The van der Waals surface area contributed by atoms with Crippen LogP contribution in [0.25, 0.3) is 33.6 Å². The summed E-state index contributed by atoms with van der Waals surface area (Å²) in [7, 11) is 3.60. The fourth-order valence-electron chi connectivity index (χ4n) is 8.31. The first-order valence-corrected chi connectivity index (χ1v) is 19.7. The summed E-state index contributed by atoms with van der Waals surface area (Å²) < 4.78 is 20.3. The van der Waals surface area contributed by atoms with E-state index in [1.807, 2.05) is 35.2 Å². The molecule has 2 fully saturated rings. The van der Waals surface area contributed by atoms with Crippen molar-refractivity contribution in [2.75, 3.05) is 27.2 Å². The van der Waals surface area contributed by atoms with E-state index in [4.69, 9.17) is 9.72 Å². The Balaban J connectivity index is 0.932. The molecule has 0 radical (unpaired) electrons. The number of aromatic nitrogens is 4. The van der Waals surface area contributed by atoms with Crippen LogP contribution in [0.15, 0.2) is 116 Å². The summed E-state index contributed by atoms with van der Waals surface area (Å²) >= 11 is 0. The van der Waals surface area contributed by atoms with Crippen molar-refractivity contribution in [3.63, 3.8) is 0 Å². The number of rotatable bonds is 11. The van der Waals surface area contributed by atoms with Crippen LogP contribution in [-0.4, -0.2) is 79.6 Å². The van der Waals surface area contributed by atoms with Crippen LogP contribution in [-0.2, 0) is 19.1 Å². The minimum atomic E-state index is -1.01. The normalized spacial score (nSPS) is 17.7. The van der Waals surface area contributed by atoms with Crippen LogP contribution in [0.1, 0.15) is 79.6 Å². The van der Waals surface area contributed by atoms with Crippen molar-refractivity contribution in [2.45, 2.75) is 56.8 Å². The van der Waals surface area contributed by atoms with Crippen LogP contribution < -0.4 is 0 Å². The Labute approximate surface area is 336 Å². The third-order valence-electron chi connectivity index (χ3n) is 11.2. The highest BCUT2D eigenvalue weighted by molar-refractivity contribution is 5.85. The van der Waals surface area contributed by atoms with Gasteiger partial charge in [-0.05, 0) is 68.1 Å². The van der Waals surface area contributed by atoms with Crippen molar-refractivity contribution >= 4 is 17.8 Å². The van der Waals surface area contributed by atoms with Gasteiger partial charge in [0.2, 0.25) is 12.0 Å². The van der Waals surface area contributed by atoms with Gasteiger partial charge in [-0.1, -0.05) is 97.1 Å². The number of likely N-dealkylation sites (N-methyl/N-ethyl adjacent to an activating group) is 1. The summed E-state index contributed by atoms with van der Waals surface area (Å²) in [6, 6.07) is 30.8. The minimum absolute atomic E-state index is 0.138. The molecule has 2 aromatic heterocycles. The van der Waals surface area contributed by atoms with E-state index in [9.17, 15) is 18.8 Å². The van der Waals surface area contributed by atoms with Crippen LogP contribution >= 0.6 is 0 Å². The average Bonchev–Trinajstić information content (AvgIpc) is 4.08. The zero-order valence-electron chi connectivity index (χ0n) is 32.8. The first kappa shape index (κ1) is 38.5. The Morgan fingerprint density at radius 2 is 1.17 bits per heavy atom. The molecule has 296 valence electrons. The molecule has 0 spiro atoms. The molecule has 0 unspecified atom stereocenters. The molecule has 0 saturated carbocycles. The lowest BCUT2D eigenvalue weighted by atomic mass is 10.0. The van der Waals surface area contributed by atoms with Gasteiger partial charge in [-0.15, -0.1) is 0 Å². The predicted octanol–water partition coefficient (Wildman–Crippen LogP) is 8.21. The molecule has 2 aliphatic heterocycles. The van der Waals surface area contributed by atoms with E-state index < -0.39 is 23.9 Å². The third-order valence-corrected chi connectivity index (χ3v) is 11.2. The van der Waals surface area contributed by atoms with Crippen molar-refractivity contribution in [1.29, 1.82) is 0 Å². The summed E-state index contributed by atoms with van der Waals surface area (Å²) in [4.78, 5) is 61.3. The van der Waals surface area contributed by atoms with Crippen LogP contribution in [0.4, 0.5) is 4.39 Å². The first-order valence-electron chi connectivity index (χ1n) is 19.7. The van der Waals surface area contributed by atoms with E-state index in [1.54, 1.807) is 66.6 Å².